The summed E-state index contributed by atoms with van der Waals surface area (Å²) in [7, 11) is 0. The van der Waals surface area contributed by atoms with Crippen LogP contribution in [0.3, 0.4) is 0 Å². The molecule has 3 nitrogen and oxygen atoms in total. The van der Waals surface area contributed by atoms with Gasteiger partial charge in [-0.1, -0.05) is 116 Å². The largest absolute Gasteiger partial charge is 0.466 e. The minimum Gasteiger partial charge on any atom is -0.466 e. The minimum atomic E-state index is 0.00384. The van der Waals surface area contributed by atoms with Crippen LogP contribution in [-0.4, -0.2) is 24.3 Å². The Hall–Kier alpha value is -0.570. The number of aliphatic hydroxyl groups excluding tert-OH is 1. The summed E-state index contributed by atoms with van der Waals surface area (Å²) in [6.07, 6.45) is 25.7. The van der Waals surface area contributed by atoms with Crippen molar-refractivity contribution in [2.24, 2.45) is 0 Å². The van der Waals surface area contributed by atoms with Gasteiger partial charge in [0.05, 0.1) is 6.61 Å². The zero-order chi connectivity index (χ0) is 20.5. The minimum absolute atomic E-state index is 0.00384. The lowest BCUT2D eigenvalue weighted by Crippen LogP contribution is -2.05. The van der Waals surface area contributed by atoms with E-state index < -0.39 is 0 Å². The topological polar surface area (TPSA) is 46.5 Å². The van der Waals surface area contributed by atoms with Crippen LogP contribution in [0.4, 0.5) is 0 Å². The van der Waals surface area contributed by atoms with Crippen molar-refractivity contribution in [2.75, 3.05) is 13.2 Å². The lowest BCUT2D eigenvalue weighted by molar-refractivity contribution is -0.143. The zero-order valence-corrected chi connectivity index (χ0v) is 19.0. The fraction of sp³-hybridized carbons (Fsp3) is 0.960. The van der Waals surface area contributed by atoms with Gasteiger partial charge in [-0.25, -0.2) is 0 Å². The molecule has 0 atom stereocenters. The summed E-state index contributed by atoms with van der Waals surface area (Å²) < 4.78 is 5.35. The van der Waals surface area contributed by atoms with Crippen molar-refractivity contribution in [2.45, 2.75) is 142 Å². The Bertz CT molecular complexity index is 304. The molecular formula is C25H50O3. The fourth-order valence-electron chi connectivity index (χ4n) is 3.64. The van der Waals surface area contributed by atoms with Crippen molar-refractivity contribution in [1.82, 2.24) is 0 Å². The van der Waals surface area contributed by atoms with E-state index in [4.69, 9.17) is 9.84 Å². The second-order valence-electron chi connectivity index (χ2n) is 8.41. The molecule has 0 radical (unpaired) electrons. The molecule has 0 amide bonds. The standard InChI is InChI=1S/C25H50O3/c1-2-3-4-5-6-10-13-16-19-22-25(27)28-24-21-18-15-12-9-7-8-11-14-17-20-23-26/h26H,2-24H2,1H3. The normalized spacial score (nSPS) is 11.1. The highest BCUT2D eigenvalue weighted by Crippen LogP contribution is 2.12. The highest BCUT2D eigenvalue weighted by Gasteiger charge is 2.02. The van der Waals surface area contributed by atoms with Crippen molar-refractivity contribution in [3.63, 3.8) is 0 Å². The van der Waals surface area contributed by atoms with Gasteiger partial charge in [0.25, 0.3) is 0 Å². The number of ether oxygens (including phenoxy) is 1. The van der Waals surface area contributed by atoms with E-state index in [1.807, 2.05) is 0 Å². The molecule has 0 bridgehead atoms. The highest BCUT2D eigenvalue weighted by atomic mass is 16.5. The predicted molar refractivity (Wildman–Crippen MR) is 121 cm³/mol. The zero-order valence-electron chi connectivity index (χ0n) is 19.0. The van der Waals surface area contributed by atoms with E-state index >= 15 is 0 Å². The Morgan fingerprint density at radius 2 is 0.964 bits per heavy atom. The third-order valence-corrected chi connectivity index (χ3v) is 5.55. The van der Waals surface area contributed by atoms with Gasteiger partial charge in [0.2, 0.25) is 0 Å². The molecule has 0 rings (SSSR count). The summed E-state index contributed by atoms with van der Waals surface area (Å²) in [6, 6.07) is 0. The molecule has 3 heteroatoms. The number of unbranched alkanes of at least 4 members (excludes halogenated alkanes) is 18. The van der Waals surface area contributed by atoms with Crippen LogP contribution >= 0.6 is 0 Å². The number of hydrogen-bond donors (Lipinski definition) is 1. The van der Waals surface area contributed by atoms with Crippen LogP contribution in [-0.2, 0) is 9.53 Å². The molecule has 0 aliphatic rings. The first kappa shape index (κ1) is 27.4. The van der Waals surface area contributed by atoms with E-state index in [0.29, 0.717) is 19.6 Å². The summed E-state index contributed by atoms with van der Waals surface area (Å²) in [5.74, 6) is 0.00384. The molecule has 0 aromatic heterocycles. The molecule has 0 unspecified atom stereocenters. The highest BCUT2D eigenvalue weighted by molar-refractivity contribution is 5.69. The Morgan fingerprint density at radius 3 is 1.43 bits per heavy atom. The van der Waals surface area contributed by atoms with E-state index in [-0.39, 0.29) is 5.97 Å². The molecular weight excluding hydrogens is 348 g/mol. The maximum atomic E-state index is 11.7. The van der Waals surface area contributed by atoms with Gasteiger partial charge in [-0.05, 0) is 19.3 Å². The van der Waals surface area contributed by atoms with Crippen molar-refractivity contribution >= 4 is 5.97 Å². The van der Waals surface area contributed by atoms with Crippen molar-refractivity contribution in [3.05, 3.63) is 0 Å². The van der Waals surface area contributed by atoms with Gasteiger partial charge >= 0.3 is 5.97 Å². The quantitative estimate of drug-likeness (QED) is 0.141. The number of rotatable bonds is 23. The lowest BCUT2D eigenvalue weighted by atomic mass is 10.1. The summed E-state index contributed by atoms with van der Waals surface area (Å²) >= 11 is 0. The molecule has 0 aromatic carbocycles. The van der Waals surface area contributed by atoms with Crippen LogP contribution in [0.5, 0.6) is 0 Å². The first-order valence-electron chi connectivity index (χ1n) is 12.6. The summed E-state index contributed by atoms with van der Waals surface area (Å²) in [5.41, 5.74) is 0. The Balaban J connectivity index is 3.13. The fourth-order valence-corrected chi connectivity index (χ4v) is 3.64. The number of aliphatic hydroxyl groups is 1. The monoisotopic (exact) mass is 398 g/mol. The second-order valence-corrected chi connectivity index (χ2v) is 8.41. The van der Waals surface area contributed by atoms with Crippen LogP contribution in [0.25, 0.3) is 0 Å². The maximum absolute atomic E-state index is 11.7. The van der Waals surface area contributed by atoms with E-state index in [1.54, 1.807) is 0 Å². The lowest BCUT2D eigenvalue weighted by Gasteiger charge is -2.05. The first-order chi connectivity index (χ1) is 13.8. The summed E-state index contributed by atoms with van der Waals surface area (Å²) in [5, 5.41) is 8.72. The third kappa shape index (κ3) is 23.5. The molecule has 28 heavy (non-hydrogen) atoms. The van der Waals surface area contributed by atoms with Crippen LogP contribution in [0.15, 0.2) is 0 Å². The number of hydrogen-bond acceptors (Lipinski definition) is 3. The van der Waals surface area contributed by atoms with Crippen LogP contribution in [0.2, 0.25) is 0 Å². The van der Waals surface area contributed by atoms with Crippen molar-refractivity contribution in [3.8, 4) is 0 Å². The predicted octanol–water partition coefficient (Wildman–Crippen LogP) is 7.73. The average Bonchev–Trinajstić information content (AvgIpc) is 2.70. The summed E-state index contributed by atoms with van der Waals surface area (Å²) in [4.78, 5) is 11.7. The molecule has 0 aliphatic heterocycles. The van der Waals surface area contributed by atoms with Gasteiger partial charge < -0.3 is 9.84 Å². The van der Waals surface area contributed by atoms with Gasteiger partial charge in [-0.15, -0.1) is 0 Å². The molecule has 168 valence electrons. The van der Waals surface area contributed by atoms with Crippen LogP contribution < -0.4 is 0 Å². The van der Waals surface area contributed by atoms with Gasteiger partial charge in [-0.3, -0.25) is 4.79 Å². The molecule has 0 spiro atoms. The van der Waals surface area contributed by atoms with Gasteiger partial charge in [0, 0.05) is 13.0 Å². The van der Waals surface area contributed by atoms with Gasteiger partial charge in [-0.2, -0.15) is 0 Å². The molecule has 1 N–H and O–H groups in total. The van der Waals surface area contributed by atoms with E-state index in [1.165, 1.54) is 109 Å². The van der Waals surface area contributed by atoms with E-state index in [0.717, 1.165) is 19.3 Å². The molecule has 0 heterocycles. The third-order valence-electron chi connectivity index (χ3n) is 5.55. The Labute approximate surface area is 176 Å². The van der Waals surface area contributed by atoms with E-state index in [9.17, 15) is 4.79 Å². The summed E-state index contributed by atoms with van der Waals surface area (Å²) in [6.45, 7) is 3.21. The molecule has 0 saturated heterocycles. The smallest absolute Gasteiger partial charge is 0.305 e. The molecule has 0 aromatic rings. The Morgan fingerprint density at radius 1 is 0.571 bits per heavy atom. The average molecular weight is 399 g/mol. The van der Waals surface area contributed by atoms with Crippen molar-refractivity contribution < 1.29 is 14.6 Å². The van der Waals surface area contributed by atoms with Crippen LogP contribution in [0.1, 0.15) is 142 Å². The molecule has 0 aliphatic carbocycles. The van der Waals surface area contributed by atoms with Gasteiger partial charge in [0.15, 0.2) is 0 Å². The number of carbonyl (C=O) groups is 1. The number of esters is 1. The molecule has 0 fully saturated rings. The van der Waals surface area contributed by atoms with Gasteiger partial charge in [0.1, 0.15) is 0 Å². The van der Waals surface area contributed by atoms with Crippen molar-refractivity contribution in [1.29, 1.82) is 0 Å². The van der Waals surface area contributed by atoms with E-state index in [2.05, 4.69) is 6.92 Å². The molecule has 0 saturated carbocycles. The van der Waals surface area contributed by atoms with Crippen LogP contribution in [0, 0.1) is 0 Å². The SMILES string of the molecule is CCCCCCCCCCCC(=O)OCCCCCCCCCCCCCO. The number of carbonyl (C=O) groups excluding carboxylic acids is 1. The second kappa shape index (κ2) is 24.5. The Kier molecular flexibility index (Phi) is 24.0. The first-order valence-corrected chi connectivity index (χ1v) is 12.6. The maximum Gasteiger partial charge on any atom is 0.305 e.